The molecule has 0 aromatic carbocycles. The highest BCUT2D eigenvalue weighted by molar-refractivity contribution is 4.94. The summed E-state index contributed by atoms with van der Waals surface area (Å²) in [7, 11) is 0. The summed E-state index contributed by atoms with van der Waals surface area (Å²) < 4.78 is 0. The standard InChI is InChI=1S/C9H17N/c1-4-8-5-6-9(10-8)7(2)3/h4,7-10H,1,5-6H2,2-3H3/t8-,9-/m1/s1. The zero-order chi connectivity index (χ0) is 7.56. The van der Waals surface area contributed by atoms with Gasteiger partial charge in [-0.1, -0.05) is 19.9 Å². The molecule has 0 unspecified atom stereocenters. The molecule has 0 radical (unpaired) electrons. The fourth-order valence-electron chi connectivity index (χ4n) is 1.51. The fraction of sp³-hybridized carbons (Fsp3) is 0.778. The van der Waals surface area contributed by atoms with Crippen molar-refractivity contribution in [1.82, 2.24) is 5.32 Å². The van der Waals surface area contributed by atoms with Gasteiger partial charge in [-0.05, 0) is 18.8 Å². The van der Waals surface area contributed by atoms with E-state index in [-0.39, 0.29) is 0 Å². The van der Waals surface area contributed by atoms with Crippen LogP contribution in [0.15, 0.2) is 12.7 Å². The van der Waals surface area contributed by atoms with E-state index in [0.717, 1.165) is 12.0 Å². The number of hydrogen-bond acceptors (Lipinski definition) is 1. The molecule has 1 aliphatic rings. The highest BCUT2D eigenvalue weighted by Crippen LogP contribution is 2.18. The lowest BCUT2D eigenvalue weighted by Crippen LogP contribution is -2.31. The second-order valence-electron chi connectivity index (χ2n) is 3.44. The predicted octanol–water partition coefficient (Wildman–Crippen LogP) is 1.95. The van der Waals surface area contributed by atoms with Crippen molar-refractivity contribution in [3.8, 4) is 0 Å². The molecule has 10 heavy (non-hydrogen) atoms. The van der Waals surface area contributed by atoms with Gasteiger partial charge in [-0.25, -0.2) is 0 Å². The lowest BCUT2D eigenvalue weighted by molar-refractivity contribution is 0.442. The van der Waals surface area contributed by atoms with Crippen molar-refractivity contribution >= 4 is 0 Å². The number of rotatable bonds is 2. The second-order valence-corrected chi connectivity index (χ2v) is 3.44. The van der Waals surface area contributed by atoms with Crippen molar-refractivity contribution in [2.75, 3.05) is 0 Å². The Kier molecular flexibility index (Phi) is 2.50. The molecule has 1 N–H and O–H groups in total. The lowest BCUT2D eigenvalue weighted by atomic mass is 10.0. The molecule has 1 rings (SSSR count). The van der Waals surface area contributed by atoms with E-state index < -0.39 is 0 Å². The van der Waals surface area contributed by atoms with Crippen LogP contribution in [0.4, 0.5) is 0 Å². The summed E-state index contributed by atoms with van der Waals surface area (Å²) in [5.41, 5.74) is 0. The van der Waals surface area contributed by atoms with E-state index in [0.29, 0.717) is 6.04 Å². The maximum atomic E-state index is 3.77. The summed E-state index contributed by atoms with van der Waals surface area (Å²) in [4.78, 5) is 0. The second kappa shape index (κ2) is 3.20. The van der Waals surface area contributed by atoms with Crippen molar-refractivity contribution in [3.63, 3.8) is 0 Å². The molecular formula is C9H17N. The molecule has 1 nitrogen and oxygen atoms in total. The molecule has 0 spiro atoms. The highest BCUT2D eigenvalue weighted by Gasteiger charge is 2.23. The summed E-state index contributed by atoms with van der Waals surface area (Å²) in [6.07, 6.45) is 4.60. The first-order chi connectivity index (χ1) is 4.74. The van der Waals surface area contributed by atoms with Gasteiger partial charge in [0.25, 0.3) is 0 Å². The van der Waals surface area contributed by atoms with Crippen molar-refractivity contribution < 1.29 is 0 Å². The smallest absolute Gasteiger partial charge is 0.0250 e. The van der Waals surface area contributed by atoms with E-state index in [1.165, 1.54) is 12.8 Å². The minimum absolute atomic E-state index is 0.576. The van der Waals surface area contributed by atoms with E-state index in [4.69, 9.17) is 0 Å². The van der Waals surface area contributed by atoms with Gasteiger partial charge in [-0.3, -0.25) is 0 Å². The molecule has 58 valence electrons. The van der Waals surface area contributed by atoms with E-state index >= 15 is 0 Å². The van der Waals surface area contributed by atoms with Crippen LogP contribution in [0.3, 0.4) is 0 Å². The third-order valence-corrected chi connectivity index (χ3v) is 2.31. The van der Waals surface area contributed by atoms with Gasteiger partial charge in [-0.15, -0.1) is 6.58 Å². The molecule has 0 amide bonds. The number of hydrogen-bond donors (Lipinski definition) is 1. The first-order valence-corrected chi connectivity index (χ1v) is 4.12. The Balaban J connectivity index is 2.35. The molecule has 2 atom stereocenters. The van der Waals surface area contributed by atoms with Gasteiger partial charge in [0.15, 0.2) is 0 Å². The molecule has 0 bridgehead atoms. The maximum absolute atomic E-state index is 3.77. The van der Waals surface area contributed by atoms with E-state index in [9.17, 15) is 0 Å². The van der Waals surface area contributed by atoms with E-state index in [1.54, 1.807) is 0 Å². The molecule has 0 aromatic rings. The molecule has 1 fully saturated rings. The Hall–Kier alpha value is -0.300. The summed E-state index contributed by atoms with van der Waals surface area (Å²) in [5.74, 6) is 0.768. The van der Waals surface area contributed by atoms with Crippen molar-refractivity contribution in [1.29, 1.82) is 0 Å². The minimum Gasteiger partial charge on any atom is -0.308 e. The Morgan fingerprint density at radius 2 is 2.20 bits per heavy atom. The molecule has 1 saturated heterocycles. The third-order valence-electron chi connectivity index (χ3n) is 2.31. The molecule has 1 aliphatic heterocycles. The predicted molar refractivity (Wildman–Crippen MR) is 45.0 cm³/mol. The molecule has 0 aliphatic carbocycles. The average molecular weight is 139 g/mol. The summed E-state index contributed by atoms with van der Waals surface area (Å²) in [6.45, 7) is 8.31. The van der Waals surface area contributed by atoms with Crippen molar-refractivity contribution in [3.05, 3.63) is 12.7 Å². The van der Waals surface area contributed by atoms with Gasteiger partial charge in [0.1, 0.15) is 0 Å². The van der Waals surface area contributed by atoms with Crippen LogP contribution in [0.25, 0.3) is 0 Å². The van der Waals surface area contributed by atoms with Gasteiger partial charge in [0, 0.05) is 12.1 Å². The Labute approximate surface area is 63.5 Å². The fourth-order valence-corrected chi connectivity index (χ4v) is 1.51. The van der Waals surface area contributed by atoms with Crippen LogP contribution in [0.1, 0.15) is 26.7 Å². The SMILES string of the molecule is C=C[C@@H]1CC[C@H](C(C)C)N1. The van der Waals surface area contributed by atoms with E-state index in [2.05, 4.69) is 25.7 Å². The van der Waals surface area contributed by atoms with Gasteiger partial charge in [0.2, 0.25) is 0 Å². The Morgan fingerprint density at radius 3 is 2.50 bits per heavy atom. The molecular weight excluding hydrogens is 122 g/mol. The lowest BCUT2D eigenvalue weighted by Gasteiger charge is -2.15. The van der Waals surface area contributed by atoms with Crippen LogP contribution in [-0.2, 0) is 0 Å². The van der Waals surface area contributed by atoms with Gasteiger partial charge >= 0.3 is 0 Å². The van der Waals surface area contributed by atoms with Crippen LogP contribution in [0, 0.1) is 5.92 Å². The first-order valence-electron chi connectivity index (χ1n) is 4.12. The molecule has 0 aromatic heterocycles. The summed E-state index contributed by atoms with van der Waals surface area (Å²) in [6, 6.07) is 1.30. The quantitative estimate of drug-likeness (QED) is 0.577. The third kappa shape index (κ3) is 1.60. The van der Waals surface area contributed by atoms with Gasteiger partial charge < -0.3 is 5.32 Å². The zero-order valence-electron chi connectivity index (χ0n) is 6.93. The zero-order valence-corrected chi connectivity index (χ0v) is 6.93. The van der Waals surface area contributed by atoms with Gasteiger partial charge in [-0.2, -0.15) is 0 Å². The monoisotopic (exact) mass is 139 g/mol. The Bertz CT molecular complexity index is 118. The van der Waals surface area contributed by atoms with Crippen LogP contribution < -0.4 is 5.32 Å². The number of nitrogens with one attached hydrogen (secondary N) is 1. The molecule has 1 heteroatoms. The first kappa shape index (κ1) is 7.80. The van der Waals surface area contributed by atoms with Crippen LogP contribution in [0.5, 0.6) is 0 Å². The molecule has 1 heterocycles. The molecule has 0 saturated carbocycles. The van der Waals surface area contributed by atoms with E-state index in [1.807, 2.05) is 6.08 Å². The minimum atomic E-state index is 0.576. The normalized spacial score (nSPS) is 33.1. The van der Waals surface area contributed by atoms with Gasteiger partial charge in [0.05, 0.1) is 0 Å². The van der Waals surface area contributed by atoms with Crippen LogP contribution >= 0.6 is 0 Å². The van der Waals surface area contributed by atoms with Crippen molar-refractivity contribution in [2.24, 2.45) is 5.92 Å². The maximum Gasteiger partial charge on any atom is 0.0250 e. The van der Waals surface area contributed by atoms with Crippen molar-refractivity contribution in [2.45, 2.75) is 38.8 Å². The largest absolute Gasteiger partial charge is 0.308 e. The Morgan fingerprint density at radius 1 is 1.50 bits per heavy atom. The average Bonchev–Trinajstić information content (AvgIpc) is 2.34. The summed E-state index contributed by atoms with van der Waals surface area (Å²) >= 11 is 0. The summed E-state index contributed by atoms with van der Waals surface area (Å²) in [5, 5.41) is 3.52. The van der Waals surface area contributed by atoms with Crippen LogP contribution in [0.2, 0.25) is 0 Å². The van der Waals surface area contributed by atoms with Crippen LogP contribution in [-0.4, -0.2) is 12.1 Å². The topological polar surface area (TPSA) is 12.0 Å². The highest BCUT2D eigenvalue weighted by atomic mass is 15.0.